The number of ether oxygens (including phenoxy) is 2. The number of esters is 1. The molecule has 0 spiro atoms. The molecule has 7 heteroatoms. The number of hydrogen-bond acceptors (Lipinski definition) is 4. The monoisotopic (exact) mass is 338 g/mol. The van der Waals surface area contributed by atoms with Gasteiger partial charge in [0.15, 0.2) is 11.9 Å². The molecule has 0 aliphatic carbocycles. The van der Waals surface area contributed by atoms with Gasteiger partial charge in [0.05, 0.1) is 18.7 Å². The van der Waals surface area contributed by atoms with Gasteiger partial charge in [-0.15, -0.1) is 0 Å². The maximum Gasteiger partial charge on any atom is 0.359 e. The van der Waals surface area contributed by atoms with E-state index in [1.165, 1.54) is 4.68 Å². The van der Waals surface area contributed by atoms with Crippen LogP contribution in [0.5, 0.6) is 5.88 Å². The van der Waals surface area contributed by atoms with Crippen molar-refractivity contribution in [2.75, 3.05) is 13.2 Å². The molecule has 23 heavy (non-hydrogen) atoms. The smallest absolute Gasteiger partial charge is 0.359 e. The van der Waals surface area contributed by atoms with E-state index in [4.69, 9.17) is 21.1 Å². The second-order valence-electron chi connectivity index (χ2n) is 5.30. The van der Waals surface area contributed by atoms with E-state index in [-0.39, 0.29) is 25.5 Å². The van der Waals surface area contributed by atoms with Gasteiger partial charge in [-0.2, -0.15) is 5.10 Å². The van der Waals surface area contributed by atoms with Gasteiger partial charge in [0.25, 0.3) is 0 Å². The maximum absolute atomic E-state index is 13.6. The zero-order valence-electron chi connectivity index (χ0n) is 12.8. The third-order valence-corrected chi connectivity index (χ3v) is 3.84. The highest BCUT2D eigenvalue weighted by atomic mass is 35.5. The number of nitrogens with zero attached hydrogens (tertiary/aromatic N) is 2. The van der Waals surface area contributed by atoms with Gasteiger partial charge in [0, 0.05) is 5.02 Å². The normalized spacial score (nSPS) is 16.6. The number of halogens is 2. The van der Waals surface area contributed by atoms with Gasteiger partial charge in [0.1, 0.15) is 6.61 Å². The Kier molecular flexibility index (Phi) is 4.26. The molecule has 0 bridgehead atoms. The van der Waals surface area contributed by atoms with Crippen LogP contribution in [-0.2, 0) is 11.3 Å². The minimum atomic E-state index is -1.16. The van der Waals surface area contributed by atoms with E-state index in [0.717, 1.165) is 11.1 Å². The van der Waals surface area contributed by atoms with Gasteiger partial charge in [0.2, 0.25) is 5.88 Å². The molecule has 5 nitrogen and oxygen atoms in total. The fourth-order valence-electron chi connectivity index (χ4n) is 2.62. The minimum Gasteiger partial charge on any atom is -0.474 e. The molecule has 122 valence electrons. The molecule has 0 saturated carbocycles. The number of rotatable bonds is 3. The Morgan fingerprint density at radius 3 is 3.04 bits per heavy atom. The van der Waals surface area contributed by atoms with E-state index < -0.39 is 12.1 Å². The minimum absolute atomic E-state index is 0.0500. The van der Waals surface area contributed by atoms with Crippen LogP contribution in [0.1, 0.15) is 23.0 Å². The van der Waals surface area contributed by atoms with Gasteiger partial charge < -0.3 is 9.47 Å². The first-order valence-electron chi connectivity index (χ1n) is 7.32. The van der Waals surface area contributed by atoms with Gasteiger partial charge in [-0.3, -0.25) is 0 Å². The second-order valence-corrected chi connectivity index (χ2v) is 5.74. The number of carbonyl (C=O) groups excluding carboxylic acids is 1. The number of alkyl halides is 1. The van der Waals surface area contributed by atoms with E-state index in [2.05, 4.69) is 5.10 Å². The van der Waals surface area contributed by atoms with Crippen molar-refractivity contribution in [1.82, 2.24) is 9.78 Å². The molecule has 0 radical (unpaired) electrons. The summed E-state index contributed by atoms with van der Waals surface area (Å²) in [6.07, 6.45) is -1.16. The predicted molar refractivity (Wildman–Crippen MR) is 83.8 cm³/mol. The van der Waals surface area contributed by atoms with Crippen molar-refractivity contribution in [3.05, 3.63) is 34.5 Å². The molecule has 0 N–H and O–H groups in total. The topological polar surface area (TPSA) is 53.3 Å². The van der Waals surface area contributed by atoms with Crippen molar-refractivity contribution in [1.29, 1.82) is 0 Å². The molecule has 1 atom stereocenters. The summed E-state index contributed by atoms with van der Waals surface area (Å²) in [6, 6.07) is 5.31. The van der Waals surface area contributed by atoms with Gasteiger partial charge in [-0.05, 0) is 37.1 Å². The van der Waals surface area contributed by atoms with E-state index in [9.17, 15) is 9.18 Å². The molecular weight excluding hydrogens is 323 g/mol. The maximum atomic E-state index is 13.6. The zero-order valence-corrected chi connectivity index (χ0v) is 13.6. The largest absolute Gasteiger partial charge is 0.474 e. The summed E-state index contributed by atoms with van der Waals surface area (Å²) in [4.78, 5) is 12.2. The van der Waals surface area contributed by atoms with E-state index in [1.54, 1.807) is 25.1 Å². The number of aryl methyl sites for hydroxylation is 1. The Hall–Kier alpha value is -2.08. The van der Waals surface area contributed by atoms with Crippen molar-refractivity contribution in [3.63, 3.8) is 0 Å². The zero-order chi connectivity index (χ0) is 16.6. The molecule has 3 rings (SSSR count). The average Bonchev–Trinajstić information content (AvgIpc) is 2.86. The first-order chi connectivity index (χ1) is 11.0. The fourth-order valence-corrected chi connectivity index (χ4v) is 2.85. The Labute approximate surface area is 138 Å². The molecule has 0 fully saturated rings. The molecule has 1 aliphatic heterocycles. The number of carbonyl (C=O) groups is 1. The molecule has 1 aliphatic rings. The summed E-state index contributed by atoms with van der Waals surface area (Å²) < 4.78 is 25.5. The Morgan fingerprint density at radius 1 is 1.57 bits per heavy atom. The molecule has 1 aromatic heterocycles. The average molecular weight is 339 g/mol. The van der Waals surface area contributed by atoms with Crippen LogP contribution in [0.15, 0.2) is 18.2 Å². The SMILES string of the molecule is CCOC(=O)c1nn2c(c1-c1ccc(Cl)cc1C)OC[C@@H](F)C2. The lowest BCUT2D eigenvalue weighted by Gasteiger charge is -2.19. The molecule has 2 heterocycles. The van der Waals surface area contributed by atoms with Crippen LogP contribution in [0.2, 0.25) is 5.02 Å². The molecule has 1 aromatic carbocycles. The summed E-state index contributed by atoms with van der Waals surface area (Å²) in [5, 5.41) is 4.80. The van der Waals surface area contributed by atoms with Gasteiger partial charge >= 0.3 is 5.97 Å². The number of hydrogen-bond donors (Lipinski definition) is 0. The first-order valence-corrected chi connectivity index (χ1v) is 7.70. The lowest BCUT2D eigenvalue weighted by atomic mass is 10.0. The summed E-state index contributed by atoms with van der Waals surface area (Å²) in [7, 11) is 0. The molecule has 0 unspecified atom stereocenters. The van der Waals surface area contributed by atoms with Crippen LogP contribution in [0.4, 0.5) is 4.39 Å². The molecule has 0 saturated heterocycles. The van der Waals surface area contributed by atoms with Crippen LogP contribution in [0, 0.1) is 6.92 Å². The van der Waals surface area contributed by atoms with Crippen LogP contribution in [0.25, 0.3) is 11.1 Å². The Balaban J connectivity index is 2.18. The summed E-state index contributed by atoms with van der Waals surface area (Å²) in [5.41, 5.74) is 2.27. The Morgan fingerprint density at radius 2 is 2.35 bits per heavy atom. The number of fused-ring (bicyclic) bond motifs is 1. The van der Waals surface area contributed by atoms with Crippen LogP contribution >= 0.6 is 11.6 Å². The van der Waals surface area contributed by atoms with E-state index in [1.807, 2.05) is 6.92 Å². The fraction of sp³-hybridized carbons (Fsp3) is 0.375. The standard InChI is InChI=1S/C16H16ClFN2O3/c1-3-22-16(21)14-13(12-5-4-10(17)6-9(12)2)15-20(19-14)7-11(18)8-23-15/h4-6,11H,3,7-8H2,1-2H3/t11-/m0/s1. The lowest BCUT2D eigenvalue weighted by molar-refractivity contribution is 0.0518. The third kappa shape index (κ3) is 2.91. The van der Waals surface area contributed by atoms with Gasteiger partial charge in [-0.1, -0.05) is 17.7 Å². The highest BCUT2D eigenvalue weighted by Crippen LogP contribution is 2.38. The summed E-state index contributed by atoms with van der Waals surface area (Å²) in [6.45, 7) is 3.81. The van der Waals surface area contributed by atoms with Crippen LogP contribution in [-0.4, -0.2) is 35.1 Å². The lowest BCUT2D eigenvalue weighted by Crippen LogP contribution is -2.27. The number of aromatic nitrogens is 2. The molecule has 2 aromatic rings. The van der Waals surface area contributed by atoms with E-state index in [0.29, 0.717) is 16.5 Å². The number of benzene rings is 1. The van der Waals surface area contributed by atoms with Crippen LogP contribution < -0.4 is 4.74 Å². The Bertz CT molecular complexity index is 760. The molecular formula is C16H16ClFN2O3. The summed E-state index contributed by atoms with van der Waals surface area (Å²) >= 11 is 6.00. The first kappa shape index (κ1) is 15.8. The highest BCUT2D eigenvalue weighted by molar-refractivity contribution is 6.30. The predicted octanol–water partition coefficient (Wildman–Crippen LogP) is 3.42. The van der Waals surface area contributed by atoms with Crippen molar-refractivity contribution in [2.45, 2.75) is 26.6 Å². The summed E-state index contributed by atoms with van der Waals surface area (Å²) in [5.74, 6) is -0.176. The van der Waals surface area contributed by atoms with Crippen molar-refractivity contribution in [2.24, 2.45) is 0 Å². The van der Waals surface area contributed by atoms with Gasteiger partial charge in [-0.25, -0.2) is 13.9 Å². The van der Waals surface area contributed by atoms with Crippen LogP contribution in [0.3, 0.4) is 0 Å². The third-order valence-electron chi connectivity index (χ3n) is 3.60. The highest BCUT2D eigenvalue weighted by Gasteiger charge is 2.31. The quantitative estimate of drug-likeness (QED) is 0.805. The van der Waals surface area contributed by atoms with E-state index >= 15 is 0 Å². The van der Waals surface area contributed by atoms with Crippen molar-refractivity contribution >= 4 is 17.6 Å². The molecule has 0 amide bonds. The van der Waals surface area contributed by atoms with Crippen molar-refractivity contribution < 1.29 is 18.7 Å². The second kappa shape index (κ2) is 6.20. The van der Waals surface area contributed by atoms with Crippen molar-refractivity contribution in [3.8, 4) is 17.0 Å².